The molecule has 1 saturated carbocycles. The van der Waals surface area contributed by atoms with Crippen molar-refractivity contribution in [1.82, 2.24) is 0 Å². The van der Waals surface area contributed by atoms with E-state index in [1.165, 1.54) is 6.42 Å². The van der Waals surface area contributed by atoms with Crippen molar-refractivity contribution < 1.29 is 9.90 Å². The lowest BCUT2D eigenvalue weighted by atomic mass is 9.71. The van der Waals surface area contributed by atoms with Crippen LogP contribution in [0.1, 0.15) is 51.9 Å². The summed E-state index contributed by atoms with van der Waals surface area (Å²) in [6.45, 7) is 1.94. The molecule has 1 fully saturated rings. The Kier molecular flexibility index (Phi) is 3.93. The lowest BCUT2D eigenvalue weighted by Crippen LogP contribution is -2.34. The van der Waals surface area contributed by atoms with Crippen molar-refractivity contribution in [3.8, 4) is 0 Å². The second kappa shape index (κ2) is 4.78. The van der Waals surface area contributed by atoms with Gasteiger partial charge in [0.2, 0.25) is 0 Å². The summed E-state index contributed by atoms with van der Waals surface area (Å²) < 4.78 is 0. The van der Waals surface area contributed by atoms with E-state index in [1.54, 1.807) is 0 Å². The van der Waals surface area contributed by atoms with Crippen LogP contribution in [-0.2, 0) is 4.79 Å². The Bertz CT molecular complexity index is 195. The van der Waals surface area contributed by atoms with Crippen molar-refractivity contribution in [2.45, 2.75) is 57.9 Å². The molecule has 0 radical (unpaired) electrons. The van der Waals surface area contributed by atoms with Crippen LogP contribution in [0.5, 0.6) is 0 Å². The van der Waals surface area contributed by atoms with Gasteiger partial charge in [-0.15, -0.1) is 0 Å². The third-order valence-corrected chi connectivity index (χ3v) is 3.34. The van der Waals surface area contributed by atoms with Gasteiger partial charge in [0, 0.05) is 6.04 Å². The zero-order chi connectivity index (χ0) is 10.6. The van der Waals surface area contributed by atoms with Crippen molar-refractivity contribution in [3.63, 3.8) is 0 Å². The van der Waals surface area contributed by atoms with Crippen molar-refractivity contribution >= 4 is 5.97 Å². The Morgan fingerprint density at radius 2 is 2.00 bits per heavy atom. The van der Waals surface area contributed by atoms with Gasteiger partial charge in [-0.05, 0) is 32.6 Å². The fourth-order valence-electron chi connectivity index (χ4n) is 2.30. The summed E-state index contributed by atoms with van der Waals surface area (Å²) >= 11 is 0. The zero-order valence-corrected chi connectivity index (χ0v) is 8.96. The predicted molar refractivity (Wildman–Crippen MR) is 56.0 cm³/mol. The highest BCUT2D eigenvalue weighted by Gasteiger charge is 2.38. The monoisotopic (exact) mass is 199 g/mol. The molecule has 82 valence electrons. The molecule has 1 aliphatic rings. The van der Waals surface area contributed by atoms with Crippen LogP contribution < -0.4 is 5.73 Å². The van der Waals surface area contributed by atoms with E-state index in [2.05, 4.69) is 0 Å². The first kappa shape index (κ1) is 11.5. The number of nitrogens with two attached hydrogens (primary N) is 1. The standard InChI is InChI=1S/C11H21NO2/c1-9(12)5-8-11(10(13)14)6-3-2-4-7-11/h9H,2-8,12H2,1H3,(H,13,14). The third kappa shape index (κ3) is 2.71. The summed E-state index contributed by atoms with van der Waals surface area (Å²) in [5.41, 5.74) is 5.22. The average molecular weight is 199 g/mol. The van der Waals surface area contributed by atoms with Gasteiger partial charge in [0.25, 0.3) is 0 Å². The van der Waals surface area contributed by atoms with Gasteiger partial charge < -0.3 is 10.8 Å². The number of hydrogen-bond acceptors (Lipinski definition) is 2. The van der Waals surface area contributed by atoms with E-state index in [4.69, 9.17) is 5.73 Å². The largest absolute Gasteiger partial charge is 0.481 e. The summed E-state index contributed by atoms with van der Waals surface area (Å²) in [5, 5.41) is 9.26. The third-order valence-electron chi connectivity index (χ3n) is 3.34. The minimum atomic E-state index is -0.613. The van der Waals surface area contributed by atoms with Crippen LogP contribution in [0.3, 0.4) is 0 Å². The van der Waals surface area contributed by atoms with E-state index in [1.807, 2.05) is 6.92 Å². The molecule has 1 rings (SSSR count). The first-order chi connectivity index (χ1) is 6.57. The van der Waals surface area contributed by atoms with Crippen LogP contribution in [0.15, 0.2) is 0 Å². The molecule has 3 N–H and O–H groups in total. The number of rotatable bonds is 4. The molecule has 1 atom stereocenters. The minimum Gasteiger partial charge on any atom is -0.481 e. The number of hydrogen-bond donors (Lipinski definition) is 2. The highest BCUT2D eigenvalue weighted by Crippen LogP contribution is 2.40. The molecule has 0 aliphatic heterocycles. The smallest absolute Gasteiger partial charge is 0.309 e. The van der Waals surface area contributed by atoms with Crippen LogP contribution in [0.2, 0.25) is 0 Å². The highest BCUT2D eigenvalue weighted by atomic mass is 16.4. The van der Waals surface area contributed by atoms with Crippen LogP contribution >= 0.6 is 0 Å². The van der Waals surface area contributed by atoms with Gasteiger partial charge in [-0.25, -0.2) is 0 Å². The molecule has 0 bridgehead atoms. The number of aliphatic carboxylic acids is 1. The van der Waals surface area contributed by atoms with Gasteiger partial charge in [-0.2, -0.15) is 0 Å². The molecule has 0 aromatic rings. The van der Waals surface area contributed by atoms with Gasteiger partial charge >= 0.3 is 5.97 Å². The average Bonchev–Trinajstić information content (AvgIpc) is 2.16. The molecular formula is C11H21NO2. The molecule has 0 spiro atoms. The van der Waals surface area contributed by atoms with Crippen molar-refractivity contribution in [3.05, 3.63) is 0 Å². The van der Waals surface area contributed by atoms with Gasteiger partial charge in [0.1, 0.15) is 0 Å². The summed E-state index contributed by atoms with van der Waals surface area (Å²) in [4.78, 5) is 11.2. The normalized spacial score (nSPS) is 23.0. The molecule has 0 aromatic carbocycles. The quantitative estimate of drug-likeness (QED) is 0.729. The molecule has 3 nitrogen and oxygen atoms in total. The van der Waals surface area contributed by atoms with Crippen LogP contribution in [0, 0.1) is 5.41 Å². The van der Waals surface area contributed by atoms with Gasteiger partial charge in [-0.1, -0.05) is 19.3 Å². The maximum atomic E-state index is 11.2. The van der Waals surface area contributed by atoms with E-state index in [0.29, 0.717) is 0 Å². The lowest BCUT2D eigenvalue weighted by molar-refractivity contribution is -0.151. The molecule has 1 aliphatic carbocycles. The molecule has 0 saturated heterocycles. The molecular weight excluding hydrogens is 178 g/mol. The van der Waals surface area contributed by atoms with Crippen LogP contribution in [0.25, 0.3) is 0 Å². The zero-order valence-electron chi connectivity index (χ0n) is 8.96. The number of carboxylic acid groups (broad SMARTS) is 1. The van der Waals surface area contributed by atoms with E-state index in [-0.39, 0.29) is 6.04 Å². The van der Waals surface area contributed by atoms with E-state index in [0.717, 1.165) is 38.5 Å². The molecule has 0 aromatic heterocycles. The van der Waals surface area contributed by atoms with E-state index >= 15 is 0 Å². The van der Waals surface area contributed by atoms with E-state index in [9.17, 15) is 9.90 Å². The van der Waals surface area contributed by atoms with Crippen LogP contribution in [0.4, 0.5) is 0 Å². The van der Waals surface area contributed by atoms with Crippen molar-refractivity contribution in [1.29, 1.82) is 0 Å². The summed E-state index contributed by atoms with van der Waals surface area (Å²) in [6.07, 6.45) is 6.57. The second-order valence-electron chi connectivity index (χ2n) is 4.66. The Morgan fingerprint density at radius 3 is 2.43 bits per heavy atom. The molecule has 3 heteroatoms. The SMILES string of the molecule is CC(N)CCC1(C(=O)O)CCCCC1. The van der Waals surface area contributed by atoms with E-state index < -0.39 is 11.4 Å². The molecule has 0 amide bonds. The fraction of sp³-hybridized carbons (Fsp3) is 0.909. The Balaban J connectivity index is 2.56. The fourth-order valence-corrected chi connectivity index (χ4v) is 2.30. The van der Waals surface area contributed by atoms with Gasteiger partial charge in [0.15, 0.2) is 0 Å². The number of carboxylic acids is 1. The molecule has 0 heterocycles. The minimum absolute atomic E-state index is 0.119. The maximum absolute atomic E-state index is 11.2. The molecule has 14 heavy (non-hydrogen) atoms. The lowest BCUT2D eigenvalue weighted by Gasteiger charge is -2.33. The van der Waals surface area contributed by atoms with Crippen molar-refractivity contribution in [2.75, 3.05) is 0 Å². The van der Waals surface area contributed by atoms with Crippen LogP contribution in [-0.4, -0.2) is 17.1 Å². The summed E-state index contributed by atoms with van der Waals surface area (Å²) in [7, 11) is 0. The Morgan fingerprint density at radius 1 is 1.43 bits per heavy atom. The van der Waals surface area contributed by atoms with Gasteiger partial charge in [0.05, 0.1) is 5.41 Å². The Hall–Kier alpha value is -0.570. The van der Waals surface area contributed by atoms with Gasteiger partial charge in [-0.3, -0.25) is 4.79 Å². The topological polar surface area (TPSA) is 63.3 Å². The predicted octanol–water partition coefficient (Wildman–Crippen LogP) is 2.15. The summed E-state index contributed by atoms with van der Waals surface area (Å²) in [5.74, 6) is -0.613. The first-order valence-electron chi connectivity index (χ1n) is 5.56. The number of carbonyl (C=O) groups is 1. The summed E-state index contributed by atoms with van der Waals surface area (Å²) in [6, 6.07) is 0.119. The molecule has 1 unspecified atom stereocenters. The maximum Gasteiger partial charge on any atom is 0.309 e. The second-order valence-corrected chi connectivity index (χ2v) is 4.66. The first-order valence-corrected chi connectivity index (χ1v) is 5.56. The van der Waals surface area contributed by atoms with Crippen molar-refractivity contribution in [2.24, 2.45) is 11.1 Å². The Labute approximate surface area is 85.7 Å². The highest BCUT2D eigenvalue weighted by molar-refractivity contribution is 5.74.